The van der Waals surface area contributed by atoms with Crippen molar-refractivity contribution in [3.05, 3.63) is 59.4 Å². The minimum Gasteiger partial charge on any atom is -0.403 e. The van der Waals surface area contributed by atoms with E-state index in [1.165, 1.54) is 43.5 Å². The van der Waals surface area contributed by atoms with Crippen LogP contribution in [0, 0.1) is 5.82 Å². The van der Waals surface area contributed by atoms with Gasteiger partial charge in [0.25, 0.3) is 5.91 Å². The van der Waals surface area contributed by atoms with Crippen molar-refractivity contribution < 1.29 is 26.8 Å². The van der Waals surface area contributed by atoms with E-state index >= 15 is 0 Å². The van der Waals surface area contributed by atoms with Gasteiger partial charge in [-0.25, -0.2) is 4.39 Å². The van der Waals surface area contributed by atoms with Crippen LogP contribution in [0.3, 0.4) is 0 Å². The molecule has 2 heterocycles. The van der Waals surface area contributed by atoms with Crippen molar-refractivity contribution in [3.63, 3.8) is 0 Å². The zero-order valence-electron chi connectivity index (χ0n) is 19.6. The first kappa shape index (κ1) is 25.6. The lowest BCUT2D eigenvalue weighted by Gasteiger charge is -2.26. The van der Waals surface area contributed by atoms with E-state index in [9.17, 15) is 22.4 Å². The molecule has 0 bridgehead atoms. The van der Waals surface area contributed by atoms with Crippen molar-refractivity contribution in [2.24, 2.45) is 0 Å². The smallest absolute Gasteiger partial charge is 0.403 e. The number of alkyl halides is 3. The van der Waals surface area contributed by atoms with Gasteiger partial charge in [-0.05, 0) is 75.6 Å². The summed E-state index contributed by atoms with van der Waals surface area (Å²) in [5.41, 5.74) is -1.81. The van der Waals surface area contributed by atoms with Crippen LogP contribution >= 0.6 is 0 Å². The molecule has 1 aliphatic heterocycles. The van der Waals surface area contributed by atoms with Gasteiger partial charge >= 0.3 is 12.2 Å². The summed E-state index contributed by atoms with van der Waals surface area (Å²) in [4.78, 5) is 14.7. The maximum absolute atomic E-state index is 13.8. The van der Waals surface area contributed by atoms with Crippen molar-refractivity contribution in [1.29, 1.82) is 0 Å². The molecule has 11 heteroatoms. The van der Waals surface area contributed by atoms with E-state index in [1.807, 2.05) is 0 Å². The van der Waals surface area contributed by atoms with Crippen LogP contribution in [0.4, 0.5) is 29.3 Å². The molecule has 1 amide bonds. The fourth-order valence-electron chi connectivity index (χ4n) is 4.13. The summed E-state index contributed by atoms with van der Waals surface area (Å²) in [6.07, 6.45) is 0.859. The molecule has 1 aromatic heterocycles. The molecule has 0 radical (unpaired) electrons. The van der Waals surface area contributed by atoms with E-state index in [0.29, 0.717) is 6.54 Å². The van der Waals surface area contributed by atoms with Gasteiger partial charge in [0.05, 0.1) is 16.7 Å². The minimum absolute atomic E-state index is 0.0352. The zero-order valence-corrected chi connectivity index (χ0v) is 19.6. The van der Waals surface area contributed by atoms with E-state index in [4.69, 9.17) is 4.42 Å². The average Bonchev–Trinajstić information content (AvgIpc) is 3.33. The van der Waals surface area contributed by atoms with E-state index in [0.717, 1.165) is 50.7 Å². The van der Waals surface area contributed by atoms with Gasteiger partial charge in [-0.2, -0.15) is 13.2 Å². The number of anilines is 2. The molecule has 0 saturated carbocycles. The summed E-state index contributed by atoms with van der Waals surface area (Å²) < 4.78 is 60.7. The standard InChI is InChI=1S/C25H27F4N5O2/c26-21-9-3-2-8-19(21)22(35)31-17-10-11-18(20(16-17)25(27,28)29)23-32-33-24(36-23)30-12-4-7-15-34-13-5-1-6-14-34/h2-3,8-11,16H,1,4-7,12-15H2,(H,30,33)(H,31,35). The first-order valence-corrected chi connectivity index (χ1v) is 11.9. The largest absolute Gasteiger partial charge is 0.417 e. The van der Waals surface area contributed by atoms with Crippen molar-refractivity contribution in [2.45, 2.75) is 38.3 Å². The van der Waals surface area contributed by atoms with Gasteiger partial charge < -0.3 is 20.0 Å². The van der Waals surface area contributed by atoms with Crippen molar-refractivity contribution in [1.82, 2.24) is 15.1 Å². The highest BCUT2D eigenvalue weighted by Crippen LogP contribution is 2.38. The van der Waals surface area contributed by atoms with Gasteiger partial charge in [0, 0.05) is 12.2 Å². The highest BCUT2D eigenvalue weighted by Gasteiger charge is 2.35. The Hall–Kier alpha value is -3.47. The fraction of sp³-hybridized carbons (Fsp3) is 0.400. The molecule has 2 aromatic carbocycles. The number of carbonyl (C=O) groups excluding carboxylic acids is 1. The van der Waals surface area contributed by atoms with Gasteiger partial charge in [-0.3, -0.25) is 4.79 Å². The molecule has 36 heavy (non-hydrogen) atoms. The molecule has 0 spiro atoms. The van der Waals surface area contributed by atoms with Gasteiger partial charge in [0.2, 0.25) is 5.89 Å². The Balaban J connectivity index is 1.39. The predicted octanol–water partition coefficient (Wildman–Crippen LogP) is 5.82. The number of nitrogens with one attached hydrogen (secondary N) is 2. The summed E-state index contributed by atoms with van der Waals surface area (Å²) >= 11 is 0. The quantitative estimate of drug-likeness (QED) is 0.282. The molecule has 1 fully saturated rings. The molecule has 0 unspecified atom stereocenters. The predicted molar refractivity (Wildman–Crippen MR) is 127 cm³/mol. The number of carbonyl (C=O) groups is 1. The molecule has 1 saturated heterocycles. The Morgan fingerprint density at radius 1 is 1.03 bits per heavy atom. The third kappa shape index (κ3) is 6.60. The second kappa shape index (κ2) is 11.5. The van der Waals surface area contributed by atoms with E-state index in [1.54, 1.807) is 0 Å². The Kier molecular flexibility index (Phi) is 8.19. The van der Waals surface area contributed by atoms with Crippen LogP contribution in [0.25, 0.3) is 11.5 Å². The van der Waals surface area contributed by atoms with Crippen molar-refractivity contribution in [3.8, 4) is 11.5 Å². The summed E-state index contributed by atoms with van der Waals surface area (Å²) in [7, 11) is 0. The molecular formula is C25H27F4N5O2. The lowest BCUT2D eigenvalue weighted by molar-refractivity contribution is -0.137. The number of nitrogens with zero attached hydrogens (tertiary/aromatic N) is 3. The minimum atomic E-state index is -4.76. The van der Waals surface area contributed by atoms with Crippen molar-refractivity contribution in [2.75, 3.05) is 36.8 Å². The van der Waals surface area contributed by atoms with Crippen LogP contribution in [0.5, 0.6) is 0 Å². The number of likely N-dealkylation sites (tertiary alicyclic amines) is 1. The van der Waals surface area contributed by atoms with Gasteiger partial charge in [-0.1, -0.05) is 23.7 Å². The van der Waals surface area contributed by atoms with Crippen molar-refractivity contribution >= 4 is 17.6 Å². The highest BCUT2D eigenvalue weighted by molar-refractivity contribution is 6.04. The summed E-state index contributed by atoms with van der Waals surface area (Å²) in [6.45, 7) is 3.84. The molecule has 0 atom stereocenters. The lowest BCUT2D eigenvalue weighted by Crippen LogP contribution is -2.30. The van der Waals surface area contributed by atoms with E-state index in [-0.39, 0.29) is 28.7 Å². The second-order valence-corrected chi connectivity index (χ2v) is 8.64. The van der Waals surface area contributed by atoms with E-state index in [2.05, 4.69) is 25.7 Å². The molecule has 2 N–H and O–H groups in total. The third-order valence-electron chi connectivity index (χ3n) is 5.98. The summed E-state index contributed by atoms with van der Waals surface area (Å²) in [5.74, 6) is -1.94. The molecule has 4 rings (SSSR count). The Bertz CT molecular complexity index is 1180. The number of hydrogen-bond acceptors (Lipinski definition) is 6. The normalized spacial score (nSPS) is 14.6. The first-order chi connectivity index (χ1) is 17.3. The monoisotopic (exact) mass is 505 g/mol. The van der Waals surface area contributed by atoms with Gasteiger partial charge in [0.1, 0.15) is 5.82 Å². The maximum Gasteiger partial charge on any atom is 0.417 e. The van der Waals surface area contributed by atoms with Crippen LogP contribution in [0.15, 0.2) is 46.9 Å². The number of amides is 1. The number of unbranched alkanes of at least 4 members (excludes halogenated alkanes) is 1. The van der Waals surface area contributed by atoms with Crippen LogP contribution in [-0.2, 0) is 6.18 Å². The fourth-order valence-corrected chi connectivity index (χ4v) is 4.13. The Labute approximate surface area is 205 Å². The number of halogens is 4. The van der Waals surface area contributed by atoms with Crippen LogP contribution < -0.4 is 10.6 Å². The average molecular weight is 506 g/mol. The van der Waals surface area contributed by atoms with Gasteiger partial charge in [0.15, 0.2) is 0 Å². The molecule has 192 valence electrons. The molecule has 7 nitrogen and oxygen atoms in total. The van der Waals surface area contributed by atoms with Crippen LogP contribution in [0.2, 0.25) is 0 Å². The Morgan fingerprint density at radius 2 is 1.81 bits per heavy atom. The summed E-state index contributed by atoms with van der Waals surface area (Å²) in [6, 6.07) is 8.39. The molecular weight excluding hydrogens is 478 g/mol. The molecule has 1 aliphatic rings. The second-order valence-electron chi connectivity index (χ2n) is 8.64. The number of aromatic nitrogens is 2. The Morgan fingerprint density at radius 3 is 2.56 bits per heavy atom. The topological polar surface area (TPSA) is 83.3 Å². The number of hydrogen-bond donors (Lipinski definition) is 2. The SMILES string of the molecule is O=C(Nc1ccc(-c2nnc(NCCCCN3CCCCC3)o2)c(C(F)(F)F)c1)c1ccccc1F. The first-order valence-electron chi connectivity index (χ1n) is 11.9. The number of rotatable bonds is 9. The third-order valence-corrected chi connectivity index (χ3v) is 5.98. The van der Waals surface area contributed by atoms with Crippen LogP contribution in [-0.4, -0.2) is 47.2 Å². The molecule has 0 aliphatic carbocycles. The summed E-state index contributed by atoms with van der Waals surface area (Å²) in [5, 5.41) is 12.8. The van der Waals surface area contributed by atoms with E-state index < -0.39 is 23.5 Å². The molecule has 3 aromatic rings. The lowest BCUT2D eigenvalue weighted by atomic mass is 10.1. The zero-order chi connectivity index (χ0) is 25.5. The maximum atomic E-state index is 13.8. The number of piperidine rings is 1. The number of benzene rings is 2. The highest BCUT2D eigenvalue weighted by atomic mass is 19.4. The van der Waals surface area contributed by atoms with Gasteiger partial charge in [-0.15, -0.1) is 5.10 Å². The van der Waals surface area contributed by atoms with Crippen LogP contribution in [0.1, 0.15) is 48.0 Å².